The Labute approximate surface area is 151 Å². The second kappa shape index (κ2) is 7.86. The van der Waals surface area contributed by atoms with Crippen molar-refractivity contribution in [2.45, 2.75) is 32.4 Å². The second-order valence-corrected chi connectivity index (χ2v) is 6.58. The molecule has 2 heterocycles. The summed E-state index contributed by atoms with van der Waals surface area (Å²) >= 11 is 0. The predicted molar refractivity (Wildman–Crippen MR) is 97.6 cm³/mol. The molecule has 1 amide bonds. The standard InChI is InChI=1S/C19H24FN3O3/c1-3-26-19(25)23-8-6-16(7-9-23)21-12-14-10-13-4-5-15(20)11-17(13)22(2)18(14)24/h4-5,10-11,16,21H,3,6-9,12H2,1-2H3. The Morgan fingerprint density at radius 3 is 2.73 bits per heavy atom. The number of amides is 1. The van der Waals surface area contributed by atoms with Gasteiger partial charge in [-0.05, 0) is 49.4 Å². The Morgan fingerprint density at radius 2 is 2.04 bits per heavy atom. The van der Waals surface area contributed by atoms with Gasteiger partial charge in [-0.25, -0.2) is 9.18 Å². The third-order valence-corrected chi connectivity index (χ3v) is 4.87. The van der Waals surface area contributed by atoms with Crippen molar-refractivity contribution in [2.24, 2.45) is 7.05 Å². The molecule has 1 aromatic heterocycles. The summed E-state index contributed by atoms with van der Waals surface area (Å²) in [6, 6.07) is 6.52. The van der Waals surface area contributed by atoms with Gasteiger partial charge in [0.05, 0.1) is 12.1 Å². The highest BCUT2D eigenvalue weighted by Gasteiger charge is 2.23. The number of fused-ring (bicyclic) bond motifs is 1. The van der Waals surface area contributed by atoms with E-state index in [4.69, 9.17) is 4.74 Å². The fourth-order valence-corrected chi connectivity index (χ4v) is 3.37. The molecule has 3 rings (SSSR count). The number of aryl methyl sites for hydroxylation is 1. The smallest absolute Gasteiger partial charge is 0.409 e. The number of likely N-dealkylation sites (tertiary alicyclic amines) is 1. The highest BCUT2D eigenvalue weighted by atomic mass is 19.1. The van der Waals surface area contributed by atoms with Crippen LogP contribution in [0.1, 0.15) is 25.3 Å². The van der Waals surface area contributed by atoms with E-state index >= 15 is 0 Å². The Morgan fingerprint density at radius 1 is 1.31 bits per heavy atom. The highest BCUT2D eigenvalue weighted by molar-refractivity contribution is 5.79. The number of halogens is 1. The molecule has 0 atom stereocenters. The zero-order valence-electron chi connectivity index (χ0n) is 15.1. The van der Waals surface area contributed by atoms with Crippen LogP contribution in [0.15, 0.2) is 29.1 Å². The van der Waals surface area contributed by atoms with E-state index in [9.17, 15) is 14.0 Å². The van der Waals surface area contributed by atoms with Crippen molar-refractivity contribution in [3.8, 4) is 0 Å². The largest absolute Gasteiger partial charge is 0.450 e. The fourth-order valence-electron chi connectivity index (χ4n) is 3.37. The average Bonchev–Trinajstić information content (AvgIpc) is 2.64. The van der Waals surface area contributed by atoms with Gasteiger partial charge in [0.15, 0.2) is 0 Å². The van der Waals surface area contributed by atoms with Crippen LogP contribution in [0.5, 0.6) is 0 Å². The van der Waals surface area contributed by atoms with Crippen LogP contribution < -0.4 is 10.9 Å². The maximum atomic E-state index is 13.4. The SMILES string of the molecule is CCOC(=O)N1CCC(NCc2cc3ccc(F)cc3n(C)c2=O)CC1. The third-order valence-electron chi connectivity index (χ3n) is 4.87. The number of carbonyl (C=O) groups is 1. The highest BCUT2D eigenvalue weighted by Crippen LogP contribution is 2.16. The van der Waals surface area contributed by atoms with Crippen LogP contribution in [0.4, 0.5) is 9.18 Å². The van der Waals surface area contributed by atoms with E-state index < -0.39 is 0 Å². The number of ether oxygens (including phenoxy) is 1. The number of pyridine rings is 1. The van der Waals surface area contributed by atoms with E-state index in [1.165, 1.54) is 16.7 Å². The van der Waals surface area contributed by atoms with Crippen molar-refractivity contribution in [1.82, 2.24) is 14.8 Å². The van der Waals surface area contributed by atoms with Gasteiger partial charge < -0.3 is 19.5 Å². The Balaban J connectivity index is 1.64. The van der Waals surface area contributed by atoms with Gasteiger partial charge >= 0.3 is 6.09 Å². The molecule has 7 heteroatoms. The van der Waals surface area contributed by atoms with Crippen molar-refractivity contribution in [1.29, 1.82) is 0 Å². The summed E-state index contributed by atoms with van der Waals surface area (Å²) in [7, 11) is 1.66. The van der Waals surface area contributed by atoms with E-state index in [2.05, 4.69) is 5.32 Å². The van der Waals surface area contributed by atoms with E-state index in [1.807, 2.05) is 6.07 Å². The normalized spacial score (nSPS) is 15.4. The van der Waals surface area contributed by atoms with Crippen LogP contribution in [0.3, 0.4) is 0 Å². The monoisotopic (exact) mass is 361 g/mol. The number of nitrogens with zero attached hydrogens (tertiary/aromatic N) is 2. The number of aromatic nitrogens is 1. The number of hydrogen-bond acceptors (Lipinski definition) is 4. The van der Waals surface area contributed by atoms with Gasteiger partial charge in [0, 0.05) is 38.3 Å². The first kappa shape index (κ1) is 18.4. The summed E-state index contributed by atoms with van der Waals surface area (Å²) in [5, 5.41) is 4.24. The van der Waals surface area contributed by atoms with E-state index in [-0.39, 0.29) is 23.5 Å². The van der Waals surface area contributed by atoms with E-state index in [1.54, 1.807) is 24.9 Å². The van der Waals surface area contributed by atoms with Gasteiger partial charge in [0.2, 0.25) is 0 Å². The maximum Gasteiger partial charge on any atom is 0.409 e. The fraction of sp³-hybridized carbons (Fsp3) is 0.474. The van der Waals surface area contributed by atoms with Gasteiger partial charge in [-0.1, -0.05) is 0 Å². The maximum absolute atomic E-state index is 13.4. The van der Waals surface area contributed by atoms with E-state index in [0.717, 1.165) is 18.2 Å². The average molecular weight is 361 g/mol. The molecule has 0 radical (unpaired) electrons. The van der Waals surface area contributed by atoms with Crippen molar-refractivity contribution in [2.75, 3.05) is 19.7 Å². The summed E-state index contributed by atoms with van der Waals surface area (Å²) in [5.41, 5.74) is 1.11. The summed E-state index contributed by atoms with van der Waals surface area (Å²) in [6.45, 7) is 3.91. The quantitative estimate of drug-likeness (QED) is 0.908. The van der Waals surface area contributed by atoms with Crippen LogP contribution in [0.25, 0.3) is 10.9 Å². The lowest BCUT2D eigenvalue weighted by Gasteiger charge is -2.31. The molecule has 0 bridgehead atoms. The lowest BCUT2D eigenvalue weighted by molar-refractivity contribution is 0.0950. The molecule has 2 aromatic rings. The van der Waals surface area contributed by atoms with Crippen LogP contribution in [0.2, 0.25) is 0 Å². The number of piperidine rings is 1. The zero-order valence-corrected chi connectivity index (χ0v) is 15.1. The van der Waals surface area contributed by atoms with Crippen LogP contribution in [0, 0.1) is 5.82 Å². The minimum atomic E-state index is -0.355. The molecule has 140 valence electrons. The van der Waals surface area contributed by atoms with E-state index in [0.29, 0.717) is 37.3 Å². The molecular weight excluding hydrogens is 337 g/mol. The van der Waals surface area contributed by atoms with Crippen LogP contribution in [-0.4, -0.2) is 41.3 Å². The molecule has 1 aromatic carbocycles. The molecule has 1 aliphatic heterocycles. The number of rotatable bonds is 4. The zero-order chi connectivity index (χ0) is 18.7. The number of benzene rings is 1. The summed E-state index contributed by atoms with van der Waals surface area (Å²) in [5.74, 6) is -0.355. The number of hydrogen-bond donors (Lipinski definition) is 1. The summed E-state index contributed by atoms with van der Waals surface area (Å²) in [6.07, 6.45) is 1.37. The third kappa shape index (κ3) is 3.88. The minimum Gasteiger partial charge on any atom is -0.450 e. The first-order valence-electron chi connectivity index (χ1n) is 8.93. The second-order valence-electron chi connectivity index (χ2n) is 6.58. The summed E-state index contributed by atoms with van der Waals surface area (Å²) < 4.78 is 19.9. The minimum absolute atomic E-state index is 0.125. The molecular formula is C19H24FN3O3. The molecule has 1 aliphatic rings. The topological polar surface area (TPSA) is 63.6 Å². The van der Waals surface area contributed by atoms with Crippen molar-refractivity contribution in [3.63, 3.8) is 0 Å². The first-order chi connectivity index (χ1) is 12.5. The molecule has 1 saturated heterocycles. The lowest BCUT2D eigenvalue weighted by atomic mass is 10.0. The van der Waals surface area contributed by atoms with Crippen LogP contribution in [-0.2, 0) is 18.3 Å². The van der Waals surface area contributed by atoms with Gasteiger partial charge in [0.25, 0.3) is 5.56 Å². The van der Waals surface area contributed by atoms with Crippen molar-refractivity contribution in [3.05, 3.63) is 46.0 Å². The van der Waals surface area contributed by atoms with Gasteiger partial charge in [-0.2, -0.15) is 0 Å². The van der Waals surface area contributed by atoms with Crippen LogP contribution >= 0.6 is 0 Å². The Bertz CT molecular complexity index is 857. The molecule has 6 nitrogen and oxygen atoms in total. The van der Waals surface area contributed by atoms with Gasteiger partial charge in [-0.15, -0.1) is 0 Å². The molecule has 0 saturated carbocycles. The molecule has 0 spiro atoms. The van der Waals surface area contributed by atoms with Crippen molar-refractivity contribution < 1.29 is 13.9 Å². The molecule has 0 aliphatic carbocycles. The first-order valence-corrected chi connectivity index (χ1v) is 8.93. The molecule has 1 N–H and O–H groups in total. The van der Waals surface area contributed by atoms with Gasteiger partial charge in [-0.3, -0.25) is 4.79 Å². The molecule has 0 unspecified atom stereocenters. The number of nitrogens with one attached hydrogen (secondary N) is 1. The lowest BCUT2D eigenvalue weighted by Crippen LogP contribution is -2.45. The number of carbonyl (C=O) groups excluding carboxylic acids is 1. The summed E-state index contributed by atoms with van der Waals surface area (Å²) in [4.78, 5) is 26.0. The van der Waals surface area contributed by atoms with Crippen molar-refractivity contribution >= 4 is 17.0 Å². The predicted octanol–water partition coefficient (Wildman–Crippen LogP) is 2.39. The Kier molecular flexibility index (Phi) is 5.56. The van der Waals surface area contributed by atoms with Gasteiger partial charge in [0.1, 0.15) is 5.82 Å². The molecule has 26 heavy (non-hydrogen) atoms. The Hall–Kier alpha value is -2.41. The molecule has 1 fully saturated rings.